The molecule has 2 heterocycles. The fourth-order valence-electron chi connectivity index (χ4n) is 3.75. The topological polar surface area (TPSA) is 93.1 Å². The molecule has 0 radical (unpaired) electrons. The normalized spacial score (nSPS) is 21.2. The molecule has 0 saturated heterocycles. The van der Waals surface area contributed by atoms with Gasteiger partial charge in [-0.25, -0.2) is 13.2 Å². The minimum atomic E-state index is -3.95. The summed E-state index contributed by atoms with van der Waals surface area (Å²) in [6.07, 6.45) is 1.98. The molecular formula is C21H21NO6S. The molecule has 0 amide bonds. The van der Waals surface area contributed by atoms with Crippen molar-refractivity contribution in [2.24, 2.45) is 0 Å². The molecule has 0 unspecified atom stereocenters. The quantitative estimate of drug-likeness (QED) is 0.806. The van der Waals surface area contributed by atoms with Crippen molar-refractivity contribution in [1.29, 1.82) is 0 Å². The summed E-state index contributed by atoms with van der Waals surface area (Å²) >= 11 is 0. The van der Waals surface area contributed by atoms with Crippen molar-refractivity contribution >= 4 is 16.0 Å². The molecule has 0 spiro atoms. The van der Waals surface area contributed by atoms with Gasteiger partial charge in [-0.1, -0.05) is 36.8 Å². The van der Waals surface area contributed by atoms with Gasteiger partial charge in [0.2, 0.25) is 16.8 Å². The number of aryl methyl sites for hydroxylation is 1. The molecule has 2 aliphatic heterocycles. The van der Waals surface area contributed by atoms with Crippen LogP contribution in [-0.4, -0.2) is 36.6 Å². The maximum Gasteiger partial charge on any atom is 0.333 e. The predicted molar refractivity (Wildman–Crippen MR) is 105 cm³/mol. The summed E-state index contributed by atoms with van der Waals surface area (Å²) in [6.45, 7) is 3.79. The Labute approximate surface area is 169 Å². The molecule has 2 aromatic rings. The lowest BCUT2D eigenvalue weighted by Gasteiger charge is -2.30. The zero-order chi connectivity index (χ0) is 20.8. The first-order valence-electron chi connectivity index (χ1n) is 9.27. The standard InChI is InChI=1S/C21H21NO6S/c1-3-15-11-17(21(23)24)20(14-6-9-18-19(10-14)28-12-27-18)22(15)29(25,26)16-7-4-13(2)5-8-16/h4-11,15,20H,3,12H2,1-2H3,(H,23,24)/t15-,20+/m1/s1. The molecule has 1 N–H and O–H groups in total. The molecule has 8 heteroatoms. The van der Waals surface area contributed by atoms with E-state index in [-0.39, 0.29) is 17.3 Å². The molecule has 4 rings (SSSR count). The fourth-order valence-corrected chi connectivity index (χ4v) is 5.55. The van der Waals surface area contributed by atoms with Crippen LogP contribution >= 0.6 is 0 Å². The summed E-state index contributed by atoms with van der Waals surface area (Å²) in [5.74, 6) is -0.125. The number of carboxylic acids is 1. The third kappa shape index (κ3) is 3.28. The molecule has 2 aromatic carbocycles. The number of aliphatic carboxylic acids is 1. The second-order valence-corrected chi connectivity index (χ2v) is 8.91. The number of sulfonamides is 1. The Kier molecular flexibility index (Phi) is 4.84. The largest absolute Gasteiger partial charge is 0.478 e. The minimum Gasteiger partial charge on any atom is -0.478 e. The van der Waals surface area contributed by atoms with Gasteiger partial charge in [-0.05, 0) is 43.2 Å². The zero-order valence-electron chi connectivity index (χ0n) is 16.0. The summed E-state index contributed by atoms with van der Waals surface area (Å²) in [6, 6.07) is 10.0. The molecule has 0 saturated carbocycles. The molecule has 2 atom stereocenters. The van der Waals surface area contributed by atoms with E-state index in [1.165, 1.54) is 10.4 Å². The van der Waals surface area contributed by atoms with E-state index >= 15 is 0 Å². The van der Waals surface area contributed by atoms with Crippen LogP contribution in [0, 0.1) is 6.92 Å². The Morgan fingerprint density at radius 1 is 1.14 bits per heavy atom. The van der Waals surface area contributed by atoms with Gasteiger partial charge in [0.25, 0.3) is 0 Å². The van der Waals surface area contributed by atoms with E-state index in [2.05, 4.69) is 0 Å². The van der Waals surface area contributed by atoms with Gasteiger partial charge < -0.3 is 14.6 Å². The number of fused-ring (bicyclic) bond motifs is 1. The monoisotopic (exact) mass is 415 g/mol. The summed E-state index contributed by atoms with van der Waals surface area (Å²) in [7, 11) is -3.95. The van der Waals surface area contributed by atoms with Gasteiger partial charge in [-0.3, -0.25) is 0 Å². The smallest absolute Gasteiger partial charge is 0.333 e. The molecule has 0 fully saturated rings. The average Bonchev–Trinajstić information content (AvgIpc) is 3.32. The molecule has 0 aromatic heterocycles. The highest BCUT2D eigenvalue weighted by molar-refractivity contribution is 7.89. The summed E-state index contributed by atoms with van der Waals surface area (Å²) in [5.41, 5.74) is 1.50. The van der Waals surface area contributed by atoms with Crippen LogP contribution in [0.4, 0.5) is 0 Å². The van der Waals surface area contributed by atoms with E-state index in [0.29, 0.717) is 23.5 Å². The van der Waals surface area contributed by atoms with Crippen LogP contribution < -0.4 is 9.47 Å². The minimum absolute atomic E-state index is 0.0337. The van der Waals surface area contributed by atoms with Crippen molar-refractivity contribution in [1.82, 2.24) is 4.31 Å². The van der Waals surface area contributed by atoms with Crippen molar-refractivity contribution in [3.05, 3.63) is 65.2 Å². The number of hydrogen-bond donors (Lipinski definition) is 1. The lowest BCUT2D eigenvalue weighted by atomic mass is 10.0. The van der Waals surface area contributed by atoms with Gasteiger partial charge in [-0.15, -0.1) is 0 Å². The predicted octanol–water partition coefficient (Wildman–Crippen LogP) is 3.26. The Bertz CT molecular complexity index is 1090. The number of nitrogens with zero attached hydrogens (tertiary/aromatic N) is 1. The molecular weight excluding hydrogens is 394 g/mol. The second-order valence-electron chi connectivity index (χ2n) is 7.07. The molecule has 0 aliphatic carbocycles. The van der Waals surface area contributed by atoms with Crippen molar-refractivity contribution in [2.75, 3.05) is 6.79 Å². The van der Waals surface area contributed by atoms with Crippen LogP contribution in [0.3, 0.4) is 0 Å². The van der Waals surface area contributed by atoms with Gasteiger partial charge in [0.1, 0.15) is 0 Å². The van der Waals surface area contributed by atoms with Gasteiger partial charge in [0, 0.05) is 6.04 Å². The molecule has 0 bridgehead atoms. The molecule has 152 valence electrons. The summed E-state index contributed by atoms with van der Waals surface area (Å²) in [5, 5.41) is 9.80. The van der Waals surface area contributed by atoms with Crippen LogP contribution in [0.1, 0.15) is 30.5 Å². The number of hydrogen-bond acceptors (Lipinski definition) is 5. The summed E-state index contributed by atoms with van der Waals surface area (Å²) in [4.78, 5) is 12.1. The number of carboxylic acid groups (broad SMARTS) is 1. The first-order valence-corrected chi connectivity index (χ1v) is 10.7. The Morgan fingerprint density at radius 2 is 1.83 bits per heavy atom. The first kappa shape index (κ1) is 19.5. The molecule has 29 heavy (non-hydrogen) atoms. The van der Waals surface area contributed by atoms with Crippen LogP contribution in [0.25, 0.3) is 0 Å². The van der Waals surface area contributed by atoms with E-state index in [1.807, 2.05) is 13.8 Å². The maximum atomic E-state index is 13.5. The van der Waals surface area contributed by atoms with Gasteiger partial charge in [0.05, 0.1) is 16.5 Å². The zero-order valence-corrected chi connectivity index (χ0v) is 16.8. The van der Waals surface area contributed by atoms with Crippen LogP contribution in [0.15, 0.2) is 59.0 Å². The van der Waals surface area contributed by atoms with Gasteiger partial charge in [0.15, 0.2) is 11.5 Å². The van der Waals surface area contributed by atoms with Crippen molar-refractivity contribution in [2.45, 2.75) is 37.2 Å². The number of ether oxygens (including phenoxy) is 2. The summed E-state index contributed by atoms with van der Waals surface area (Å²) < 4.78 is 39.1. The maximum absolute atomic E-state index is 13.5. The average molecular weight is 415 g/mol. The van der Waals surface area contributed by atoms with Crippen molar-refractivity contribution in [3.63, 3.8) is 0 Å². The fraction of sp³-hybridized carbons (Fsp3) is 0.286. The highest BCUT2D eigenvalue weighted by atomic mass is 32.2. The molecule has 7 nitrogen and oxygen atoms in total. The van der Waals surface area contributed by atoms with Crippen molar-refractivity contribution in [3.8, 4) is 11.5 Å². The Morgan fingerprint density at radius 3 is 2.48 bits per heavy atom. The van der Waals surface area contributed by atoms with E-state index in [0.717, 1.165) is 5.56 Å². The SMILES string of the molecule is CC[C@@H]1C=C(C(=O)O)[C@H](c2ccc3c(c2)OCO3)N1S(=O)(=O)c1ccc(C)cc1. The second kappa shape index (κ2) is 7.20. The first-order chi connectivity index (χ1) is 13.8. The number of carbonyl (C=O) groups is 1. The Hall–Kier alpha value is -2.84. The third-order valence-corrected chi connectivity index (χ3v) is 7.13. The van der Waals surface area contributed by atoms with E-state index in [1.54, 1.807) is 42.5 Å². The lowest BCUT2D eigenvalue weighted by molar-refractivity contribution is -0.133. The Balaban J connectivity index is 1.85. The van der Waals surface area contributed by atoms with Crippen LogP contribution in [0.5, 0.6) is 11.5 Å². The number of benzene rings is 2. The molecule has 2 aliphatic rings. The highest BCUT2D eigenvalue weighted by Crippen LogP contribution is 2.44. The third-order valence-electron chi connectivity index (χ3n) is 5.22. The van der Waals surface area contributed by atoms with Gasteiger partial charge in [-0.2, -0.15) is 4.31 Å². The van der Waals surface area contributed by atoms with E-state index in [4.69, 9.17) is 9.47 Å². The van der Waals surface area contributed by atoms with Gasteiger partial charge >= 0.3 is 5.97 Å². The van der Waals surface area contributed by atoms with E-state index < -0.39 is 28.1 Å². The lowest BCUT2D eigenvalue weighted by Crippen LogP contribution is -2.38. The van der Waals surface area contributed by atoms with E-state index in [9.17, 15) is 18.3 Å². The number of rotatable bonds is 5. The van der Waals surface area contributed by atoms with Crippen molar-refractivity contribution < 1.29 is 27.8 Å². The van der Waals surface area contributed by atoms with Crippen LogP contribution in [-0.2, 0) is 14.8 Å². The van der Waals surface area contributed by atoms with Crippen LogP contribution in [0.2, 0.25) is 0 Å². The highest BCUT2D eigenvalue weighted by Gasteiger charge is 2.45.